The Morgan fingerprint density at radius 3 is 2.95 bits per heavy atom. The molecule has 2 aromatic heterocycles. The average Bonchev–Trinajstić information content (AvgIpc) is 2.78. The number of thiophene rings is 1. The fourth-order valence-corrected chi connectivity index (χ4v) is 2.56. The summed E-state index contributed by atoms with van der Waals surface area (Å²) in [5.41, 5.74) is 1.96. The standard InChI is InChI=1S/C15H14N2O2S/c1-10-5-6-16-14(8-10)17-15(19)13-9-11(2)12(20-13)4-3-7-18/h5-6,8-9,18H,7H2,1-2H3,(H,16,17,19). The number of carbonyl (C=O) groups is 1. The number of carbonyl (C=O) groups excluding carboxylic acids is 1. The van der Waals surface area contributed by atoms with Crippen LogP contribution in [0, 0.1) is 25.7 Å². The number of hydrogen-bond acceptors (Lipinski definition) is 4. The zero-order valence-electron chi connectivity index (χ0n) is 11.2. The maximum Gasteiger partial charge on any atom is 0.266 e. The van der Waals surface area contributed by atoms with Crippen LogP contribution in [0.3, 0.4) is 0 Å². The molecule has 2 rings (SSSR count). The lowest BCUT2D eigenvalue weighted by molar-refractivity contribution is 0.103. The van der Waals surface area contributed by atoms with E-state index in [0.29, 0.717) is 10.7 Å². The highest BCUT2D eigenvalue weighted by molar-refractivity contribution is 7.14. The van der Waals surface area contributed by atoms with Crippen LogP contribution in [0.2, 0.25) is 0 Å². The molecule has 0 aliphatic carbocycles. The molecule has 0 radical (unpaired) electrons. The highest BCUT2D eigenvalue weighted by atomic mass is 32.1. The Labute approximate surface area is 121 Å². The van der Waals surface area contributed by atoms with Gasteiger partial charge in [-0.1, -0.05) is 11.8 Å². The van der Waals surface area contributed by atoms with Crippen LogP contribution in [-0.2, 0) is 0 Å². The second kappa shape index (κ2) is 6.33. The summed E-state index contributed by atoms with van der Waals surface area (Å²) in [5.74, 6) is 5.75. The summed E-state index contributed by atoms with van der Waals surface area (Å²) in [6.45, 7) is 3.64. The number of amides is 1. The first-order chi connectivity index (χ1) is 9.60. The molecule has 0 fully saturated rings. The molecular weight excluding hydrogens is 272 g/mol. The lowest BCUT2D eigenvalue weighted by atomic mass is 10.2. The zero-order chi connectivity index (χ0) is 14.5. The first-order valence-electron chi connectivity index (χ1n) is 6.04. The van der Waals surface area contributed by atoms with E-state index >= 15 is 0 Å². The van der Waals surface area contributed by atoms with Crippen LogP contribution in [0.25, 0.3) is 0 Å². The minimum Gasteiger partial charge on any atom is -0.384 e. The molecule has 5 heteroatoms. The van der Waals surface area contributed by atoms with Crippen LogP contribution >= 0.6 is 11.3 Å². The minimum atomic E-state index is -0.201. The number of rotatable bonds is 2. The minimum absolute atomic E-state index is 0.188. The van der Waals surface area contributed by atoms with E-state index < -0.39 is 0 Å². The quantitative estimate of drug-likeness (QED) is 0.833. The van der Waals surface area contributed by atoms with E-state index in [-0.39, 0.29) is 12.5 Å². The predicted molar refractivity (Wildman–Crippen MR) is 79.9 cm³/mol. The maximum atomic E-state index is 12.1. The van der Waals surface area contributed by atoms with Gasteiger partial charge in [0.05, 0.1) is 9.75 Å². The number of aromatic nitrogens is 1. The van der Waals surface area contributed by atoms with Crippen LogP contribution < -0.4 is 5.32 Å². The van der Waals surface area contributed by atoms with Gasteiger partial charge in [0.15, 0.2) is 0 Å². The molecular formula is C15H14N2O2S. The number of aliphatic hydroxyl groups is 1. The van der Waals surface area contributed by atoms with Gasteiger partial charge in [0.25, 0.3) is 5.91 Å². The molecule has 0 aliphatic heterocycles. The van der Waals surface area contributed by atoms with E-state index in [4.69, 9.17) is 5.11 Å². The molecule has 0 atom stereocenters. The zero-order valence-corrected chi connectivity index (χ0v) is 12.0. The predicted octanol–water partition coefficient (Wildman–Crippen LogP) is 2.36. The lowest BCUT2D eigenvalue weighted by Gasteiger charge is -2.02. The van der Waals surface area contributed by atoms with E-state index in [1.165, 1.54) is 11.3 Å². The molecule has 0 bridgehead atoms. The Bertz CT molecular complexity index is 695. The van der Waals surface area contributed by atoms with Crippen molar-refractivity contribution in [2.24, 2.45) is 0 Å². The average molecular weight is 286 g/mol. The van der Waals surface area contributed by atoms with Crippen LogP contribution in [-0.4, -0.2) is 22.6 Å². The lowest BCUT2D eigenvalue weighted by Crippen LogP contribution is -2.11. The molecule has 0 aromatic carbocycles. The number of nitrogens with one attached hydrogen (secondary N) is 1. The molecule has 0 saturated carbocycles. The van der Waals surface area contributed by atoms with E-state index in [2.05, 4.69) is 22.1 Å². The molecule has 20 heavy (non-hydrogen) atoms. The van der Waals surface area contributed by atoms with E-state index in [1.807, 2.05) is 26.0 Å². The first kappa shape index (κ1) is 14.3. The molecule has 2 N–H and O–H groups in total. The molecule has 1 amide bonds. The number of nitrogens with zero attached hydrogens (tertiary/aromatic N) is 1. The largest absolute Gasteiger partial charge is 0.384 e. The third-order valence-corrected chi connectivity index (χ3v) is 3.73. The van der Waals surface area contributed by atoms with E-state index in [0.717, 1.165) is 16.0 Å². The van der Waals surface area contributed by atoms with Crippen LogP contribution in [0.5, 0.6) is 0 Å². The van der Waals surface area contributed by atoms with Gasteiger partial charge in [0, 0.05) is 6.20 Å². The first-order valence-corrected chi connectivity index (χ1v) is 6.86. The number of anilines is 1. The summed E-state index contributed by atoms with van der Waals surface area (Å²) in [6, 6.07) is 5.47. The van der Waals surface area contributed by atoms with Crippen LogP contribution in [0.15, 0.2) is 24.4 Å². The van der Waals surface area contributed by atoms with Crippen molar-refractivity contribution >= 4 is 23.1 Å². The van der Waals surface area contributed by atoms with Crippen molar-refractivity contribution in [3.05, 3.63) is 45.3 Å². The SMILES string of the molecule is Cc1ccnc(NC(=O)c2cc(C)c(C#CCO)s2)c1. The third kappa shape index (κ3) is 3.44. The molecule has 102 valence electrons. The summed E-state index contributed by atoms with van der Waals surface area (Å²) < 4.78 is 0. The molecule has 4 nitrogen and oxygen atoms in total. The second-order valence-electron chi connectivity index (χ2n) is 4.26. The van der Waals surface area contributed by atoms with Crippen LogP contribution in [0.4, 0.5) is 5.82 Å². The van der Waals surface area contributed by atoms with Crippen molar-refractivity contribution in [2.45, 2.75) is 13.8 Å². The van der Waals surface area contributed by atoms with Crippen molar-refractivity contribution in [3.63, 3.8) is 0 Å². The fourth-order valence-electron chi connectivity index (χ4n) is 1.62. The van der Waals surface area contributed by atoms with Gasteiger partial charge in [0.2, 0.25) is 0 Å². The molecule has 0 aliphatic rings. The van der Waals surface area contributed by atoms with Crippen molar-refractivity contribution in [3.8, 4) is 11.8 Å². The highest BCUT2D eigenvalue weighted by Gasteiger charge is 2.12. The number of aliphatic hydroxyl groups excluding tert-OH is 1. The van der Waals surface area contributed by atoms with Gasteiger partial charge in [-0.15, -0.1) is 11.3 Å². The molecule has 0 spiro atoms. The summed E-state index contributed by atoms with van der Waals surface area (Å²) in [4.78, 5) is 17.6. The monoisotopic (exact) mass is 286 g/mol. The van der Waals surface area contributed by atoms with Crippen molar-refractivity contribution in [1.82, 2.24) is 4.98 Å². The Morgan fingerprint density at radius 2 is 2.25 bits per heavy atom. The van der Waals surface area contributed by atoms with Gasteiger partial charge in [-0.05, 0) is 43.2 Å². The van der Waals surface area contributed by atoms with Gasteiger partial charge < -0.3 is 10.4 Å². The number of hydrogen-bond donors (Lipinski definition) is 2. The topological polar surface area (TPSA) is 62.2 Å². The van der Waals surface area contributed by atoms with Gasteiger partial charge in [-0.2, -0.15) is 0 Å². The molecule has 2 aromatic rings. The second-order valence-corrected chi connectivity index (χ2v) is 5.31. The van der Waals surface area contributed by atoms with E-state index in [1.54, 1.807) is 12.3 Å². The van der Waals surface area contributed by atoms with Gasteiger partial charge in [-0.3, -0.25) is 4.79 Å². The summed E-state index contributed by atoms with van der Waals surface area (Å²) in [6.07, 6.45) is 1.66. The smallest absolute Gasteiger partial charge is 0.266 e. The van der Waals surface area contributed by atoms with Gasteiger partial charge >= 0.3 is 0 Å². The Hall–Kier alpha value is -2.16. The number of pyridine rings is 1. The highest BCUT2D eigenvalue weighted by Crippen LogP contribution is 2.22. The van der Waals surface area contributed by atoms with Crippen molar-refractivity contribution < 1.29 is 9.90 Å². The van der Waals surface area contributed by atoms with Crippen molar-refractivity contribution in [2.75, 3.05) is 11.9 Å². The summed E-state index contributed by atoms with van der Waals surface area (Å²) in [7, 11) is 0. The van der Waals surface area contributed by atoms with Crippen molar-refractivity contribution in [1.29, 1.82) is 0 Å². The molecule has 2 heterocycles. The van der Waals surface area contributed by atoms with Crippen LogP contribution in [0.1, 0.15) is 25.7 Å². The molecule has 0 unspecified atom stereocenters. The Kier molecular flexibility index (Phi) is 4.51. The summed E-state index contributed by atoms with van der Waals surface area (Å²) >= 11 is 1.31. The third-order valence-electron chi connectivity index (χ3n) is 2.58. The van der Waals surface area contributed by atoms with Gasteiger partial charge in [0.1, 0.15) is 12.4 Å². The summed E-state index contributed by atoms with van der Waals surface area (Å²) in [5, 5.41) is 11.5. The number of aryl methyl sites for hydroxylation is 2. The maximum absolute atomic E-state index is 12.1. The van der Waals surface area contributed by atoms with E-state index in [9.17, 15) is 4.79 Å². The normalized spacial score (nSPS) is 9.75. The Balaban J connectivity index is 2.17. The molecule has 0 saturated heterocycles. The fraction of sp³-hybridized carbons (Fsp3) is 0.200. The van der Waals surface area contributed by atoms with Gasteiger partial charge in [-0.25, -0.2) is 4.98 Å². The Morgan fingerprint density at radius 1 is 1.45 bits per heavy atom.